The summed E-state index contributed by atoms with van der Waals surface area (Å²) in [5.41, 5.74) is 2.14. The molecule has 0 saturated carbocycles. The zero-order valence-corrected chi connectivity index (χ0v) is 21.1. The number of halogens is 1. The summed E-state index contributed by atoms with van der Waals surface area (Å²) < 4.78 is 33.6. The number of nitrogens with one attached hydrogen (secondary N) is 1. The number of rotatable bonds is 8. The highest BCUT2D eigenvalue weighted by Crippen LogP contribution is 2.36. The third-order valence-electron chi connectivity index (χ3n) is 5.41. The number of ether oxygens (including phenoxy) is 1. The summed E-state index contributed by atoms with van der Waals surface area (Å²) in [6.07, 6.45) is 0. The predicted molar refractivity (Wildman–Crippen MR) is 135 cm³/mol. The van der Waals surface area contributed by atoms with E-state index in [4.69, 9.17) is 16.3 Å². The van der Waals surface area contributed by atoms with E-state index in [1.807, 2.05) is 32.0 Å². The van der Waals surface area contributed by atoms with Crippen LogP contribution in [0.15, 0.2) is 59.5 Å². The highest BCUT2D eigenvalue weighted by molar-refractivity contribution is 7.92. The molecular formula is C24H24ClN3O6S. The second-order valence-electron chi connectivity index (χ2n) is 7.85. The molecule has 0 aliphatic heterocycles. The lowest BCUT2D eigenvalue weighted by Crippen LogP contribution is -2.38. The molecule has 0 unspecified atom stereocenters. The molecule has 0 aromatic heterocycles. The van der Waals surface area contributed by atoms with Crippen molar-refractivity contribution in [2.75, 3.05) is 23.3 Å². The van der Waals surface area contributed by atoms with Crippen molar-refractivity contribution in [3.05, 3.63) is 86.4 Å². The van der Waals surface area contributed by atoms with Gasteiger partial charge in [0.1, 0.15) is 12.3 Å². The Kier molecular flexibility index (Phi) is 7.67. The van der Waals surface area contributed by atoms with Crippen LogP contribution < -0.4 is 14.4 Å². The normalized spacial score (nSPS) is 11.1. The number of sulfonamides is 1. The lowest BCUT2D eigenvalue weighted by Gasteiger charge is -2.26. The fraction of sp³-hybridized carbons (Fsp3) is 0.208. The van der Waals surface area contributed by atoms with Crippen LogP contribution in [0.3, 0.4) is 0 Å². The fourth-order valence-corrected chi connectivity index (χ4v) is 5.16. The number of hydrogen-bond donors (Lipinski definition) is 1. The molecule has 0 spiro atoms. The smallest absolute Gasteiger partial charge is 0.273 e. The highest BCUT2D eigenvalue weighted by Gasteiger charge is 2.31. The van der Waals surface area contributed by atoms with Crippen molar-refractivity contribution in [2.45, 2.75) is 25.7 Å². The zero-order valence-electron chi connectivity index (χ0n) is 19.5. The third kappa shape index (κ3) is 5.55. The van der Waals surface area contributed by atoms with Crippen LogP contribution in [-0.4, -0.2) is 32.9 Å². The van der Waals surface area contributed by atoms with Crippen molar-refractivity contribution in [3.63, 3.8) is 0 Å². The van der Waals surface area contributed by atoms with Gasteiger partial charge in [0.15, 0.2) is 0 Å². The molecule has 1 N–H and O–H groups in total. The van der Waals surface area contributed by atoms with Gasteiger partial charge in [-0.25, -0.2) is 8.42 Å². The van der Waals surface area contributed by atoms with Gasteiger partial charge in [-0.3, -0.25) is 19.2 Å². The number of nitro benzene ring substituents is 1. The van der Waals surface area contributed by atoms with Crippen molar-refractivity contribution < 1.29 is 22.9 Å². The molecule has 0 atom stereocenters. The fourth-order valence-electron chi connectivity index (χ4n) is 3.55. The number of para-hydroxylation sites is 1. The maximum atomic E-state index is 13.7. The Balaban J connectivity index is 2.12. The number of carbonyl (C=O) groups is 1. The van der Waals surface area contributed by atoms with E-state index in [1.165, 1.54) is 44.4 Å². The number of nitrogens with zero attached hydrogens (tertiary/aromatic N) is 2. The lowest BCUT2D eigenvalue weighted by molar-refractivity contribution is -0.385. The lowest BCUT2D eigenvalue weighted by atomic mass is 10.1. The van der Waals surface area contributed by atoms with Crippen LogP contribution in [0.1, 0.15) is 16.7 Å². The highest BCUT2D eigenvalue weighted by atomic mass is 35.5. The molecule has 0 heterocycles. The summed E-state index contributed by atoms with van der Waals surface area (Å²) in [5.74, 6) is -0.464. The summed E-state index contributed by atoms with van der Waals surface area (Å²) in [5, 5.41) is 14.4. The van der Waals surface area contributed by atoms with Crippen molar-refractivity contribution in [2.24, 2.45) is 0 Å². The molecule has 9 nitrogen and oxygen atoms in total. The second-order valence-corrected chi connectivity index (χ2v) is 10.1. The van der Waals surface area contributed by atoms with Crippen LogP contribution >= 0.6 is 11.6 Å². The quantitative estimate of drug-likeness (QED) is 0.331. The topological polar surface area (TPSA) is 119 Å². The third-order valence-corrected chi connectivity index (χ3v) is 7.40. The summed E-state index contributed by atoms with van der Waals surface area (Å²) in [4.78, 5) is 23.5. The summed E-state index contributed by atoms with van der Waals surface area (Å²) in [6.45, 7) is 4.52. The molecule has 0 aliphatic rings. The number of amides is 1. The molecule has 3 aromatic rings. The van der Waals surface area contributed by atoms with Crippen molar-refractivity contribution >= 4 is 44.6 Å². The molecular weight excluding hydrogens is 494 g/mol. The monoisotopic (exact) mass is 517 g/mol. The van der Waals surface area contributed by atoms with Gasteiger partial charge in [-0.15, -0.1) is 0 Å². The van der Waals surface area contributed by atoms with Gasteiger partial charge in [-0.1, -0.05) is 35.9 Å². The molecule has 0 fully saturated rings. The zero-order chi connectivity index (χ0) is 25.9. The average Bonchev–Trinajstić information content (AvgIpc) is 2.79. The molecule has 35 heavy (non-hydrogen) atoms. The largest absolute Gasteiger partial charge is 0.495 e. The number of carbonyl (C=O) groups excluding carboxylic acids is 1. The first-order chi connectivity index (χ1) is 16.4. The molecule has 3 aromatic carbocycles. The van der Waals surface area contributed by atoms with Crippen LogP contribution in [0.4, 0.5) is 17.1 Å². The van der Waals surface area contributed by atoms with Crippen molar-refractivity contribution in [1.29, 1.82) is 0 Å². The van der Waals surface area contributed by atoms with Gasteiger partial charge in [0.2, 0.25) is 5.91 Å². The standard InChI is InChI=1S/C24H24ClN3O6S/c1-15-8-10-19(13-20(15)28(30)31)35(32,33)27(21-12-18(25)9-11-22(21)34-4)14-23(29)26-24-16(2)6-5-7-17(24)3/h5-13H,14H2,1-4H3,(H,26,29). The number of benzene rings is 3. The van der Waals surface area contributed by atoms with Crippen molar-refractivity contribution in [3.8, 4) is 5.75 Å². The van der Waals surface area contributed by atoms with Gasteiger partial charge in [-0.2, -0.15) is 0 Å². The number of anilines is 2. The van der Waals surface area contributed by atoms with Crippen LogP contribution in [0.5, 0.6) is 5.75 Å². The molecule has 0 bridgehead atoms. The van der Waals surface area contributed by atoms with Crippen LogP contribution in [0.25, 0.3) is 0 Å². The maximum absolute atomic E-state index is 13.7. The first-order valence-corrected chi connectivity index (χ1v) is 12.2. The Morgan fingerprint density at radius 3 is 2.31 bits per heavy atom. The Labute approximate surface area is 208 Å². The van der Waals surface area contributed by atoms with E-state index in [0.29, 0.717) is 11.3 Å². The van der Waals surface area contributed by atoms with Crippen LogP contribution in [-0.2, 0) is 14.8 Å². The Bertz CT molecular complexity index is 1390. The van der Waals surface area contributed by atoms with Gasteiger partial charge >= 0.3 is 0 Å². The van der Waals surface area contributed by atoms with Crippen LogP contribution in [0.2, 0.25) is 5.02 Å². The number of hydrogen-bond acceptors (Lipinski definition) is 6. The SMILES string of the molecule is COc1ccc(Cl)cc1N(CC(=O)Nc1c(C)cccc1C)S(=O)(=O)c1ccc(C)c([N+](=O)[O-])c1. The molecule has 0 aliphatic carbocycles. The minimum Gasteiger partial charge on any atom is -0.495 e. The Morgan fingerprint density at radius 1 is 1.06 bits per heavy atom. The molecule has 11 heteroatoms. The van der Waals surface area contributed by atoms with E-state index >= 15 is 0 Å². The van der Waals surface area contributed by atoms with E-state index in [0.717, 1.165) is 21.5 Å². The Hall–Kier alpha value is -3.63. The minimum atomic E-state index is -4.45. The summed E-state index contributed by atoms with van der Waals surface area (Å²) in [6, 6.07) is 13.4. The number of aryl methyl sites for hydroxylation is 3. The first kappa shape index (κ1) is 26.0. The van der Waals surface area contributed by atoms with E-state index in [-0.39, 0.29) is 27.0 Å². The predicted octanol–water partition coefficient (Wildman–Crippen LogP) is 5.02. The molecule has 184 valence electrons. The van der Waals surface area contributed by atoms with Gasteiger partial charge in [-0.05, 0) is 56.2 Å². The van der Waals surface area contributed by atoms with E-state index in [9.17, 15) is 23.3 Å². The molecule has 0 radical (unpaired) electrons. The minimum absolute atomic E-state index is 0.0138. The second kappa shape index (κ2) is 10.3. The summed E-state index contributed by atoms with van der Waals surface area (Å²) in [7, 11) is -3.10. The van der Waals surface area contributed by atoms with E-state index < -0.39 is 27.4 Å². The van der Waals surface area contributed by atoms with E-state index in [1.54, 1.807) is 0 Å². The first-order valence-electron chi connectivity index (χ1n) is 10.4. The number of methoxy groups -OCH3 is 1. The van der Waals surface area contributed by atoms with Gasteiger partial charge in [0, 0.05) is 22.3 Å². The van der Waals surface area contributed by atoms with Gasteiger partial charge in [0.05, 0.1) is 22.6 Å². The summed E-state index contributed by atoms with van der Waals surface area (Å²) >= 11 is 6.14. The van der Waals surface area contributed by atoms with Crippen molar-refractivity contribution in [1.82, 2.24) is 0 Å². The number of nitro groups is 1. The molecule has 0 saturated heterocycles. The average molecular weight is 518 g/mol. The van der Waals surface area contributed by atoms with Crippen LogP contribution in [0, 0.1) is 30.9 Å². The maximum Gasteiger partial charge on any atom is 0.273 e. The van der Waals surface area contributed by atoms with E-state index in [2.05, 4.69) is 5.32 Å². The molecule has 1 amide bonds. The molecule has 3 rings (SSSR count). The van der Waals surface area contributed by atoms with Gasteiger partial charge in [0.25, 0.3) is 15.7 Å². The van der Waals surface area contributed by atoms with Gasteiger partial charge < -0.3 is 10.1 Å². The Morgan fingerprint density at radius 2 is 1.71 bits per heavy atom.